The molecule has 1 aliphatic heterocycles. The molecule has 0 fully saturated rings. The zero-order chi connectivity index (χ0) is 21.3. The highest BCUT2D eigenvalue weighted by atomic mass is 32.2. The fourth-order valence-corrected chi connectivity index (χ4v) is 5.67. The number of ether oxygens (including phenoxy) is 1. The van der Waals surface area contributed by atoms with Crippen LogP contribution in [-0.4, -0.2) is 29.6 Å². The van der Waals surface area contributed by atoms with Crippen molar-refractivity contribution < 1.29 is 19.1 Å². The molecular formula is C21H19N3O4S2. The van der Waals surface area contributed by atoms with Gasteiger partial charge in [0.05, 0.1) is 22.1 Å². The van der Waals surface area contributed by atoms with E-state index in [1.54, 1.807) is 18.2 Å². The Morgan fingerprint density at radius 3 is 2.93 bits per heavy atom. The maximum atomic E-state index is 12.3. The van der Waals surface area contributed by atoms with Crippen LogP contribution in [0.2, 0.25) is 0 Å². The normalized spacial score (nSPS) is 17.2. The Labute approximate surface area is 181 Å². The average molecular weight is 442 g/mol. The highest BCUT2D eigenvalue weighted by molar-refractivity contribution is 8.00. The van der Waals surface area contributed by atoms with Crippen LogP contribution in [0.15, 0.2) is 23.1 Å². The zero-order valence-corrected chi connectivity index (χ0v) is 17.9. The standard InChI is InChI=1S/C21H19N3O4S2/c1-11-19(26)23-15-8-12(6-7-17(15)29-11)21(27)28-10-18(25)24-20-14(9-22)13-4-2-3-5-16(13)30-20/h6-8,11H,2-5,10H2,1H3,(H,23,26)(H,24,25). The first-order valence-corrected chi connectivity index (χ1v) is 11.3. The molecule has 1 atom stereocenters. The summed E-state index contributed by atoms with van der Waals surface area (Å²) in [5, 5.41) is 15.3. The van der Waals surface area contributed by atoms with Gasteiger partial charge in [0, 0.05) is 9.77 Å². The van der Waals surface area contributed by atoms with Crippen molar-refractivity contribution >= 4 is 51.6 Å². The number of rotatable bonds is 4. The molecule has 2 amide bonds. The minimum Gasteiger partial charge on any atom is -0.452 e. The predicted molar refractivity (Wildman–Crippen MR) is 115 cm³/mol. The molecule has 4 rings (SSSR count). The van der Waals surface area contributed by atoms with E-state index >= 15 is 0 Å². The molecule has 1 aromatic heterocycles. The number of hydrogen-bond acceptors (Lipinski definition) is 7. The van der Waals surface area contributed by atoms with Gasteiger partial charge >= 0.3 is 5.97 Å². The molecule has 0 saturated heterocycles. The van der Waals surface area contributed by atoms with Gasteiger partial charge in [0.15, 0.2) is 6.61 Å². The second kappa shape index (κ2) is 8.50. The summed E-state index contributed by atoms with van der Waals surface area (Å²) >= 11 is 2.84. The number of carbonyl (C=O) groups excluding carboxylic acids is 3. The van der Waals surface area contributed by atoms with Gasteiger partial charge in [0.2, 0.25) is 5.91 Å². The minimum atomic E-state index is -0.656. The largest absolute Gasteiger partial charge is 0.452 e. The molecule has 2 aliphatic rings. The maximum Gasteiger partial charge on any atom is 0.338 e. The second-order valence-corrected chi connectivity index (χ2v) is 9.60. The quantitative estimate of drug-likeness (QED) is 0.700. The molecule has 0 bridgehead atoms. The molecule has 1 aliphatic carbocycles. The van der Waals surface area contributed by atoms with E-state index in [0.717, 1.165) is 41.0 Å². The van der Waals surface area contributed by atoms with Gasteiger partial charge in [0.25, 0.3) is 5.91 Å². The van der Waals surface area contributed by atoms with E-state index < -0.39 is 18.5 Å². The van der Waals surface area contributed by atoms with Crippen molar-refractivity contribution in [1.82, 2.24) is 0 Å². The smallest absolute Gasteiger partial charge is 0.338 e. The van der Waals surface area contributed by atoms with Gasteiger partial charge in [-0.25, -0.2) is 4.79 Å². The summed E-state index contributed by atoms with van der Waals surface area (Å²) in [5.41, 5.74) is 2.36. The number of carbonyl (C=O) groups is 3. The number of hydrogen-bond donors (Lipinski definition) is 2. The number of aryl methyl sites for hydroxylation is 1. The highest BCUT2D eigenvalue weighted by Gasteiger charge is 2.25. The van der Waals surface area contributed by atoms with Crippen LogP contribution in [0.25, 0.3) is 0 Å². The molecule has 0 saturated carbocycles. The van der Waals surface area contributed by atoms with Crippen LogP contribution in [-0.2, 0) is 27.2 Å². The first kappa shape index (κ1) is 20.4. The van der Waals surface area contributed by atoms with E-state index in [9.17, 15) is 19.6 Å². The molecular weight excluding hydrogens is 422 g/mol. The van der Waals surface area contributed by atoms with Gasteiger partial charge in [-0.3, -0.25) is 9.59 Å². The predicted octanol–water partition coefficient (Wildman–Crippen LogP) is 3.73. The molecule has 2 N–H and O–H groups in total. The Balaban J connectivity index is 1.38. The van der Waals surface area contributed by atoms with Crippen molar-refractivity contribution in [2.24, 2.45) is 0 Å². The highest BCUT2D eigenvalue weighted by Crippen LogP contribution is 2.38. The molecule has 0 radical (unpaired) electrons. The molecule has 30 heavy (non-hydrogen) atoms. The molecule has 2 aromatic rings. The topological polar surface area (TPSA) is 108 Å². The first-order valence-electron chi connectivity index (χ1n) is 9.59. The molecule has 1 aromatic carbocycles. The van der Waals surface area contributed by atoms with Crippen molar-refractivity contribution in [1.29, 1.82) is 5.26 Å². The average Bonchev–Trinajstić information content (AvgIpc) is 3.09. The number of esters is 1. The molecule has 154 valence electrons. The summed E-state index contributed by atoms with van der Waals surface area (Å²) in [6, 6.07) is 7.10. The lowest BCUT2D eigenvalue weighted by atomic mass is 9.96. The summed E-state index contributed by atoms with van der Waals surface area (Å²) in [7, 11) is 0. The van der Waals surface area contributed by atoms with E-state index in [-0.39, 0.29) is 16.7 Å². The molecule has 0 spiro atoms. The number of thioether (sulfide) groups is 1. The van der Waals surface area contributed by atoms with Gasteiger partial charge in [-0.15, -0.1) is 23.1 Å². The number of nitrogens with one attached hydrogen (secondary N) is 2. The second-order valence-electron chi connectivity index (χ2n) is 7.11. The van der Waals surface area contributed by atoms with Crippen molar-refractivity contribution in [3.8, 4) is 6.07 Å². The number of fused-ring (bicyclic) bond motifs is 2. The fraction of sp³-hybridized carbons (Fsp3) is 0.333. The van der Waals surface area contributed by atoms with Gasteiger partial charge < -0.3 is 15.4 Å². The number of nitriles is 1. The Morgan fingerprint density at radius 2 is 2.13 bits per heavy atom. The van der Waals surface area contributed by atoms with Crippen molar-refractivity contribution in [3.63, 3.8) is 0 Å². The van der Waals surface area contributed by atoms with Gasteiger partial charge in [-0.2, -0.15) is 5.26 Å². The van der Waals surface area contributed by atoms with Gasteiger partial charge in [0.1, 0.15) is 11.1 Å². The summed E-state index contributed by atoms with van der Waals surface area (Å²) < 4.78 is 5.13. The zero-order valence-electron chi connectivity index (χ0n) is 16.2. The van der Waals surface area contributed by atoms with Crippen LogP contribution < -0.4 is 10.6 Å². The Bertz CT molecular complexity index is 1090. The number of thiophene rings is 1. The summed E-state index contributed by atoms with van der Waals surface area (Å²) in [6.07, 6.45) is 3.90. The summed E-state index contributed by atoms with van der Waals surface area (Å²) in [5.74, 6) is -1.27. The van der Waals surface area contributed by atoms with E-state index in [2.05, 4.69) is 16.7 Å². The third kappa shape index (κ3) is 4.06. The van der Waals surface area contributed by atoms with Crippen LogP contribution in [0.1, 0.15) is 46.1 Å². The van der Waals surface area contributed by atoms with E-state index in [0.29, 0.717) is 16.3 Å². The number of anilines is 2. The lowest BCUT2D eigenvalue weighted by molar-refractivity contribution is -0.119. The Morgan fingerprint density at radius 1 is 1.33 bits per heavy atom. The lowest BCUT2D eigenvalue weighted by Crippen LogP contribution is -2.26. The van der Waals surface area contributed by atoms with Crippen LogP contribution >= 0.6 is 23.1 Å². The van der Waals surface area contributed by atoms with Crippen molar-refractivity contribution in [2.75, 3.05) is 17.2 Å². The summed E-state index contributed by atoms with van der Waals surface area (Å²) in [4.78, 5) is 38.5. The lowest BCUT2D eigenvalue weighted by Gasteiger charge is -2.21. The van der Waals surface area contributed by atoms with Crippen LogP contribution in [0.4, 0.5) is 10.7 Å². The fourth-order valence-electron chi connectivity index (χ4n) is 3.49. The Hall–Kier alpha value is -2.83. The maximum absolute atomic E-state index is 12.3. The number of nitrogens with zero attached hydrogens (tertiary/aromatic N) is 1. The minimum absolute atomic E-state index is 0.121. The van der Waals surface area contributed by atoms with Gasteiger partial charge in [-0.05, 0) is 56.4 Å². The number of benzene rings is 1. The Kier molecular flexibility index (Phi) is 5.79. The van der Waals surface area contributed by atoms with E-state index in [4.69, 9.17) is 4.74 Å². The van der Waals surface area contributed by atoms with Crippen molar-refractivity contribution in [2.45, 2.75) is 42.8 Å². The molecule has 1 unspecified atom stereocenters. The van der Waals surface area contributed by atoms with Crippen LogP contribution in [0.3, 0.4) is 0 Å². The number of amides is 2. The van der Waals surface area contributed by atoms with E-state index in [1.165, 1.54) is 23.1 Å². The van der Waals surface area contributed by atoms with Crippen LogP contribution in [0.5, 0.6) is 0 Å². The third-order valence-corrected chi connectivity index (χ3v) is 7.40. The first-order chi connectivity index (χ1) is 14.5. The van der Waals surface area contributed by atoms with Crippen molar-refractivity contribution in [3.05, 3.63) is 39.8 Å². The molecule has 2 heterocycles. The SMILES string of the molecule is CC1Sc2ccc(C(=O)OCC(=O)Nc3sc4c(c3C#N)CCCC4)cc2NC1=O. The third-order valence-electron chi connectivity index (χ3n) is 5.02. The van der Waals surface area contributed by atoms with E-state index in [1.807, 2.05) is 6.92 Å². The van der Waals surface area contributed by atoms with Gasteiger partial charge in [-0.1, -0.05) is 0 Å². The molecule has 9 heteroatoms. The summed E-state index contributed by atoms with van der Waals surface area (Å²) in [6.45, 7) is 1.35. The molecule has 7 nitrogen and oxygen atoms in total. The monoisotopic (exact) mass is 441 g/mol. The van der Waals surface area contributed by atoms with Crippen LogP contribution in [0, 0.1) is 11.3 Å².